The molecule has 6 atom stereocenters. The summed E-state index contributed by atoms with van der Waals surface area (Å²) in [5.41, 5.74) is 3.05. The van der Waals surface area contributed by atoms with E-state index in [9.17, 15) is 19.7 Å². The van der Waals surface area contributed by atoms with E-state index in [4.69, 9.17) is 14.9 Å². The molecular weight excluding hydrogens is 526 g/mol. The van der Waals surface area contributed by atoms with E-state index in [0.717, 1.165) is 16.3 Å². The maximum absolute atomic E-state index is 13.8. The molecule has 4 aromatic rings. The molecule has 4 aliphatic rings. The molecule has 2 amide bonds. The van der Waals surface area contributed by atoms with Gasteiger partial charge < -0.3 is 4.74 Å². The Morgan fingerprint density at radius 2 is 1.39 bits per heavy atom. The lowest BCUT2D eigenvalue weighted by Gasteiger charge is -2.32. The van der Waals surface area contributed by atoms with Gasteiger partial charge in [-0.25, -0.2) is 4.90 Å². The summed E-state index contributed by atoms with van der Waals surface area (Å²) in [4.78, 5) is 40.8. The molecule has 41 heavy (non-hydrogen) atoms. The Balaban J connectivity index is 1.18. The molecule has 4 aliphatic heterocycles. The van der Waals surface area contributed by atoms with Crippen molar-refractivity contribution in [1.29, 1.82) is 0 Å². The summed E-state index contributed by atoms with van der Waals surface area (Å²) in [7, 11) is 0. The number of ether oxygens (including phenoxy) is 1. The molecule has 5 heterocycles. The van der Waals surface area contributed by atoms with Crippen LogP contribution in [0.15, 0.2) is 96.2 Å². The molecule has 2 bridgehead atoms. The molecule has 0 N–H and O–H groups in total. The van der Waals surface area contributed by atoms with Crippen LogP contribution < -0.4 is 9.91 Å². The number of aromatic nitrogens is 3. The van der Waals surface area contributed by atoms with E-state index in [1.807, 2.05) is 65.7 Å². The van der Waals surface area contributed by atoms with Gasteiger partial charge in [0.05, 0.1) is 69.9 Å². The lowest BCUT2D eigenvalue weighted by molar-refractivity contribution is -0.384. The maximum atomic E-state index is 13.8. The summed E-state index contributed by atoms with van der Waals surface area (Å²) in [6.45, 7) is 0. The van der Waals surface area contributed by atoms with E-state index in [1.54, 1.807) is 6.20 Å². The Kier molecular flexibility index (Phi) is 4.98. The van der Waals surface area contributed by atoms with Crippen molar-refractivity contribution in [2.24, 2.45) is 22.9 Å². The van der Waals surface area contributed by atoms with Gasteiger partial charge in [0.15, 0.2) is 0 Å². The van der Waals surface area contributed by atoms with Crippen LogP contribution in [0, 0.1) is 27.9 Å². The van der Waals surface area contributed by atoms with Gasteiger partial charge in [0.1, 0.15) is 5.69 Å². The van der Waals surface area contributed by atoms with Crippen molar-refractivity contribution in [3.05, 3.63) is 107 Å². The number of fused-ring (bicyclic) bond motifs is 8. The number of non-ortho nitro benzene ring substituents is 1. The summed E-state index contributed by atoms with van der Waals surface area (Å²) in [6, 6.07) is 24.3. The minimum Gasteiger partial charge on any atom is -0.370 e. The summed E-state index contributed by atoms with van der Waals surface area (Å²) < 4.78 is 6.44. The molecule has 12 nitrogen and oxygen atoms in total. The molecule has 3 saturated heterocycles. The average molecular weight is 548 g/mol. The fourth-order valence-electron chi connectivity index (χ4n) is 6.69. The van der Waals surface area contributed by atoms with Gasteiger partial charge in [-0.15, -0.1) is 5.10 Å². The summed E-state index contributed by atoms with van der Waals surface area (Å²) >= 11 is 0. The zero-order chi connectivity index (χ0) is 27.8. The van der Waals surface area contributed by atoms with Crippen molar-refractivity contribution >= 4 is 34.6 Å². The van der Waals surface area contributed by atoms with Gasteiger partial charge >= 0.3 is 0 Å². The molecule has 0 aliphatic carbocycles. The standard InChI is InChI=1S/C29H21N7O5/c37-28-21-22(29(38)33(28)16-11-13-19(14-12-16)36(39)40)27-25-23(26(21)41-27)24(32-34(25)17-7-3-1-4-8-17)20-15-30-35(31-20)18-9-5-2-6-10-18/h1-15,21-23,25-27H/t21-,22+,23+,25-,26-,27+/m0/s1. The number of carbonyl (C=O) groups excluding carboxylic acids is 2. The lowest BCUT2D eigenvalue weighted by atomic mass is 9.70. The fraction of sp³-hybridized carbons (Fsp3) is 0.207. The molecule has 12 heteroatoms. The van der Waals surface area contributed by atoms with E-state index in [1.165, 1.54) is 29.1 Å². The highest BCUT2D eigenvalue weighted by molar-refractivity contribution is 6.23. The van der Waals surface area contributed by atoms with Crippen LogP contribution in [0.2, 0.25) is 0 Å². The van der Waals surface area contributed by atoms with Crippen molar-refractivity contribution in [3.63, 3.8) is 0 Å². The SMILES string of the molecule is O=C1[C@@H]2[C@@H]3O[C@H]([C@@H]2C(=O)N1c1ccc([N+](=O)[O-])cc1)[C@@H]1[C@H]3C(c2cnn(-c3ccccc3)n2)=NN1c1ccccc1. The Morgan fingerprint density at radius 3 is 2.05 bits per heavy atom. The van der Waals surface area contributed by atoms with Crippen LogP contribution in [0.5, 0.6) is 0 Å². The van der Waals surface area contributed by atoms with Crippen molar-refractivity contribution in [2.75, 3.05) is 9.91 Å². The van der Waals surface area contributed by atoms with Gasteiger partial charge in [0.25, 0.3) is 5.69 Å². The number of hydrogen-bond donors (Lipinski definition) is 0. The number of amides is 2. The predicted molar refractivity (Wildman–Crippen MR) is 145 cm³/mol. The van der Waals surface area contributed by atoms with E-state index < -0.39 is 29.0 Å². The van der Waals surface area contributed by atoms with Crippen LogP contribution in [0.25, 0.3) is 5.69 Å². The van der Waals surface area contributed by atoms with E-state index in [2.05, 4.69) is 5.10 Å². The van der Waals surface area contributed by atoms with Crippen molar-refractivity contribution in [2.45, 2.75) is 18.2 Å². The van der Waals surface area contributed by atoms with Gasteiger partial charge in [-0.05, 0) is 36.4 Å². The Morgan fingerprint density at radius 1 is 0.756 bits per heavy atom. The molecule has 3 aromatic carbocycles. The van der Waals surface area contributed by atoms with Crippen molar-refractivity contribution in [1.82, 2.24) is 15.0 Å². The third kappa shape index (κ3) is 3.34. The molecule has 0 unspecified atom stereocenters. The third-order valence-corrected chi connectivity index (χ3v) is 8.37. The van der Waals surface area contributed by atoms with Crippen LogP contribution in [0.1, 0.15) is 5.69 Å². The molecule has 202 valence electrons. The number of hydrazone groups is 1. The van der Waals surface area contributed by atoms with Crippen LogP contribution in [-0.4, -0.2) is 55.7 Å². The number of hydrogen-bond acceptors (Lipinski definition) is 9. The van der Waals surface area contributed by atoms with Gasteiger partial charge in [-0.1, -0.05) is 36.4 Å². The number of para-hydroxylation sites is 2. The maximum Gasteiger partial charge on any atom is 0.269 e. The minimum absolute atomic E-state index is 0.117. The number of nitro benzene ring substituents is 1. The number of carbonyl (C=O) groups is 2. The number of nitro groups is 1. The van der Waals surface area contributed by atoms with Crippen molar-refractivity contribution in [3.8, 4) is 5.69 Å². The fourth-order valence-corrected chi connectivity index (χ4v) is 6.69. The first-order valence-corrected chi connectivity index (χ1v) is 13.2. The Hall–Kier alpha value is -5.23. The highest BCUT2D eigenvalue weighted by atomic mass is 16.6. The molecule has 0 radical (unpaired) electrons. The van der Waals surface area contributed by atoms with Crippen LogP contribution in [0.4, 0.5) is 17.1 Å². The molecule has 0 spiro atoms. The van der Waals surface area contributed by atoms with Crippen LogP contribution in [0.3, 0.4) is 0 Å². The second kappa shape index (κ2) is 8.63. The molecule has 3 fully saturated rings. The Labute approximate surface area is 232 Å². The van der Waals surface area contributed by atoms with Gasteiger partial charge in [0, 0.05) is 12.1 Å². The molecule has 0 saturated carbocycles. The second-order valence-electron chi connectivity index (χ2n) is 10.4. The van der Waals surface area contributed by atoms with Gasteiger partial charge in [-0.3, -0.25) is 24.7 Å². The van der Waals surface area contributed by atoms with Crippen molar-refractivity contribution < 1.29 is 19.2 Å². The first kappa shape index (κ1) is 23.6. The summed E-state index contributed by atoms with van der Waals surface area (Å²) in [5, 5.41) is 27.2. The predicted octanol–water partition coefficient (Wildman–Crippen LogP) is 2.97. The smallest absolute Gasteiger partial charge is 0.269 e. The van der Waals surface area contributed by atoms with E-state index in [0.29, 0.717) is 17.1 Å². The number of nitrogens with zero attached hydrogens (tertiary/aromatic N) is 7. The highest BCUT2D eigenvalue weighted by Crippen LogP contribution is 2.56. The number of imide groups is 1. The monoisotopic (exact) mass is 547 g/mol. The zero-order valence-electron chi connectivity index (χ0n) is 21.3. The quantitative estimate of drug-likeness (QED) is 0.211. The Bertz CT molecular complexity index is 1740. The first-order chi connectivity index (χ1) is 20.0. The van der Waals surface area contributed by atoms with Gasteiger partial charge in [0.2, 0.25) is 11.8 Å². The number of anilines is 2. The van der Waals surface area contributed by atoms with Gasteiger partial charge in [-0.2, -0.15) is 15.0 Å². The van der Waals surface area contributed by atoms with Crippen LogP contribution in [-0.2, 0) is 14.3 Å². The molecule has 8 rings (SSSR count). The average Bonchev–Trinajstić information content (AvgIpc) is 3.81. The highest BCUT2D eigenvalue weighted by Gasteiger charge is 2.72. The molecule has 1 aromatic heterocycles. The largest absolute Gasteiger partial charge is 0.370 e. The topological polar surface area (TPSA) is 136 Å². The van der Waals surface area contributed by atoms with E-state index >= 15 is 0 Å². The number of benzene rings is 3. The molecular formula is C29H21N7O5. The third-order valence-electron chi connectivity index (χ3n) is 8.37. The number of rotatable bonds is 5. The second-order valence-corrected chi connectivity index (χ2v) is 10.4. The summed E-state index contributed by atoms with van der Waals surface area (Å²) in [5.74, 6) is -2.45. The zero-order valence-corrected chi connectivity index (χ0v) is 21.3. The normalized spacial score (nSPS) is 27.8. The van der Waals surface area contributed by atoms with E-state index in [-0.39, 0.29) is 29.5 Å². The first-order valence-electron chi connectivity index (χ1n) is 13.2. The van der Waals surface area contributed by atoms with Crippen LogP contribution >= 0.6 is 0 Å². The minimum atomic E-state index is -0.700. The lowest BCUT2D eigenvalue weighted by Crippen LogP contribution is -2.50. The summed E-state index contributed by atoms with van der Waals surface area (Å²) in [6.07, 6.45) is 0.482.